The first-order valence-electron chi connectivity index (χ1n) is 33.8. The fraction of sp³-hybridized carbons (Fsp3) is 0.613. The monoisotopic (exact) mass is 1550 g/mol. The van der Waals surface area contributed by atoms with Crippen molar-refractivity contribution in [3.8, 4) is 0 Å². The van der Waals surface area contributed by atoms with Crippen LogP contribution < -0.4 is 22.9 Å². The zero-order chi connectivity index (χ0) is 74.1. The van der Waals surface area contributed by atoms with Crippen molar-refractivity contribution in [2.45, 2.75) is 188 Å². The van der Waals surface area contributed by atoms with E-state index in [1.54, 1.807) is 52.0 Å². The molecule has 12 heterocycles. The third kappa shape index (κ3) is 16.5. The van der Waals surface area contributed by atoms with Crippen molar-refractivity contribution in [2.75, 3.05) is 62.9 Å². The number of fused-ring (bicyclic) bond motifs is 4. The van der Waals surface area contributed by atoms with Gasteiger partial charge >= 0.3 is 30.4 Å². The first-order valence-corrected chi connectivity index (χ1v) is 40.8. The predicted octanol–water partition coefficient (Wildman–Crippen LogP) is 6.40. The van der Waals surface area contributed by atoms with Crippen molar-refractivity contribution >= 4 is 76.2 Å². The molecule has 8 aliphatic heterocycles. The Bertz CT molecular complexity index is 4120. The number of rotatable bonds is 28. The van der Waals surface area contributed by atoms with Gasteiger partial charge in [-0.25, -0.2) is 43.0 Å². The van der Waals surface area contributed by atoms with Crippen LogP contribution >= 0.6 is 30.4 Å². The molecule has 14 rings (SSSR count). The summed E-state index contributed by atoms with van der Waals surface area (Å²) in [6, 6.07) is 12.2. The minimum absolute atomic E-state index is 0.0337. The van der Waals surface area contributed by atoms with Crippen LogP contribution in [0.15, 0.2) is 73.8 Å². The van der Waals surface area contributed by atoms with E-state index >= 15 is 27.0 Å². The minimum atomic E-state index is -5.83. The number of carbonyl (C=O) groups excluding carboxylic acids is 2. The van der Waals surface area contributed by atoms with Crippen molar-refractivity contribution < 1.29 is 126 Å². The molecule has 8 aliphatic rings. The molecular formula is C62H80F2N12O25P4. The first-order chi connectivity index (χ1) is 49.9. The quantitative estimate of drug-likeness (QED) is 0.0289. The van der Waals surface area contributed by atoms with Crippen LogP contribution in [0.5, 0.6) is 0 Å². The molecule has 2 amide bonds. The zero-order valence-corrected chi connectivity index (χ0v) is 60.5. The SMILES string of the molecule is CC1(C)O[C@@H]2[C@H](O1)[C@@H](COP(=O)(CP(=O)(O)OC[C@H]1O[C@@H](n3cnc4c(N)ncnc43)[C@@H](F)[C@@H]1OC1CCCCO1)OP(=O)(CP(=O)(O)OC[C@H]1O[C@@H](n3cnc4c(N)ncnc43)[C@@H](F)[C@@H]1OC1CCCCO1)OC[C@H]1O[C@@H](c3cccc(C(N)=O)c3)[C@@H]3OC(C)(C)O[C@@H]31)O[C@H]2c1cccc(C(N)=O)c1. The summed E-state index contributed by atoms with van der Waals surface area (Å²) < 4.78 is 204. The van der Waals surface area contributed by atoms with E-state index in [1.165, 1.54) is 46.1 Å². The Balaban J connectivity index is 0.794. The zero-order valence-electron chi connectivity index (χ0n) is 56.9. The highest BCUT2D eigenvalue weighted by molar-refractivity contribution is 7.79. The van der Waals surface area contributed by atoms with Gasteiger partial charge in [-0.15, -0.1) is 0 Å². The minimum Gasteiger partial charge on any atom is -0.382 e. The van der Waals surface area contributed by atoms with Gasteiger partial charge in [-0.1, -0.05) is 24.3 Å². The van der Waals surface area contributed by atoms with Crippen LogP contribution in [0.2, 0.25) is 0 Å². The number of benzene rings is 2. The van der Waals surface area contributed by atoms with Crippen molar-refractivity contribution in [3.63, 3.8) is 0 Å². The summed E-state index contributed by atoms with van der Waals surface area (Å²) in [6.07, 6.45) is -16.8. The number of alkyl halides is 2. The molecule has 10 N–H and O–H groups in total. The second-order valence-electron chi connectivity index (χ2n) is 27.3. The number of carbonyl (C=O) groups is 2. The molecule has 0 bridgehead atoms. The van der Waals surface area contributed by atoms with E-state index in [4.69, 9.17) is 102 Å². The van der Waals surface area contributed by atoms with Crippen LogP contribution in [-0.4, -0.2) is 210 Å². The molecule has 0 radical (unpaired) electrons. The molecule has 22 atom stereocenters. The highest BCUT2D eigenvalue weighted by Gasteiger charge is 2.60. The molecule has 4 aromatic heterocycles. The number of primary amides is 2. The average molecular weight is 1560 g/mol. The van der Waals surface area contributed by atoms with E-state index in [1.807, 2.05) is 0 Å². The summed E-state index contributed by atoms with van der Waals surface area (Å²) in [5.74, 6) is -7.80. The summed E-state index contributed by atoms with van der Waals surface area (Å²) in [6.45, 7) is 3.01. The van der Waals surface area contributed by atoms with Crippen LogP contribution in [0.1, 0.15) is 123 Å². The lowest BCUT2D eigenvalue weighted by atomic mass is 10.00. The molecule has 572 valence electrons. The van der Waals surface area contributed by atoms with Gasteiger partial charge in [0.2, 0.25) is 11.8 Å². The maximum atomic E-state index is 17.2. The van der Waals surface area contributed by atoms with Crippen LogP contribution in [-0.2, 0) is 97.5 Å². The Labute approximate surface area is 597 Å². The van der Waals surface area contributed by atoms with Crippen molar-refractivity contribution in [2.24, 2.45) is 11.5 Å². The van der Waals surface area contributed by atoms with Gasteiger partial charge in [-0.05, 0) is 102 Å². The standard InChI is InChI=1S/C62H80F2N12O25P4/c1-61(2)97-49-37(91-45(51(49)99-61)31-11-9-13-33(19-31)55(67)77)23-89-104(83,29-102(79,80)87-21-35-47(95-39-15-5-7-17-85-39)41(63)59(93-35)75-27-73-43-53(65)69-25-71-57(43)75)101-105(84,90-24-38-50-52(100-62(3,4)98-50)46(92-38)32-12-10-14-34(20-32)56(68)78)30-103(81,82)88-22-36-48(96-40-16-6-8-18-86-40)42(64)60(94-36)76-28-74-44-54(66)70-26-72-58(44)76/h9-14,19-20,25-28,35-42,45-52,59-60H,5-8,15-18,21-24,29-30H2,1-4H3,(H2,67,77)(H2,68,78)(H,79,80)(H,81,82)(H2,65,69,71)(H2,66,70,72)/t35-,36-,37-,38-,39?,40?,41+,42+,45+,46+,47-,48-,49-,50-,51+,52+,59-,60-,104?,105?/m1/s1. The van der Waals surface area contributed by atoms with Gasteiger partial charge in [0.25, 0.3) is 0 Å². The Kier molecular flexibility index (Phi) is 21.8. The molecule has 0 saturated carbocycles. The molecular weight excluding hydrogens is 1470 g/mol. The molecule has 8 saturated heterocycles. The fourth-order valence-electron chi connectivity index (χ4n) is 14.1. The summed E-state index contributed by atoms with van der Waals surface area (Å²) in [4.78, 5) is 74.1. The van der Waals surface area contributed by atoms with E-state index in [2.05, 4.69) is 29.9 Å². The number of aromatic nitrogens is 8. The van der Waals surface area contributed by atoms with Crippen LogP contribution in [0.3, 0.4) is 0 Å². The van der Waals surface area contributed by atoms with Crippen LogP contribution in [0, 0.1) is 0 Å². The van der Waals surface area contributed by atoms with E-state index in [0.29, 0.717) is 49.7 Å². The second kappa shape index (κ2) is 30.2. The molecule has 43 heteroatoms. The number of imidazole rings is 2. The number of ether oxygens (including phenoxy) is 12. The van der Waals surface area contributed by atoms with Crippen molar-refractivity contribution in [1.82, 2.24) is 39.0 Å². The number of nitrogen functional groups attached to an aromatic ring is 2. The van der Waals surface area contributed by atoms with Crippen LogP contribution in [0.4, 0.5) is 20.4 Å². The second-order valence-corrected chi connectivity index (χ2v) is 36.3. The molecule has 0 spiro atoms. The van der Waals surface area contributed by atoms with Gasteiger partial charge in [-0.3, -0.25) is 37.0 Å². The van der Waals surface area contributed by atoms with Gasteiger partial charge in [0.05, 0.1) is 39.1 Å². The lowest BCUT2D eigenvalue weighted by Gasteiger charge is -2.30. The van der Waals surface area contributed by atoms with Gasteiger partial charge in [-0.2, -0.15) is 0 Å². The van der Waals surface area contributed by atoms with E-state index < -0.39 is 203 Å². The number of amides is 2. The van der Waals surface area contributed by atoms with Gasteiger partial charge < -0.3 is 108 Å². The number of nitrogens with zero attached hydrogens (tertiary/aromatic N) is 8. The molecule has 37 nitrogen and oxygen atoms in total. The van der Waals surface area contributed by atoms with Crippen LogP contribution in [0.25, 0.3) is 22.3 Å². The number of halogens is 2. The maximum absolute atomic E-state index is 17.2. The summed E-state index contributed by atoms with van der Waals surface area (Å²) in [5, 5.41) is 0. The Morgan fingerprint density at radius 2 is 0.952 bits per heavy atom. The number of hydrogen-bond donors (Lipinski definition) is 6. The summed E-state index contributed by atoms with van der Waals surface area (Å²) >= 11 is 0. The summed E-state index contributed by atoms with van der Waals surface area (Å²) in [7, 11) is -23.0. The first kappa shape index (κ1) is 75.9. The molecule has 2 aromatic carbocycles. The van der Waals surface area contributed by atoms with E-state index in [0.717, 1.165) is 12.7 Å². The third-order valence-corrected chi connectivity index (χ3v) is 28.6. The Morgan fingerprint density at radius 1 is 0.552 bits per heavy atom. The Morgan fingerprint density at radius 3 is 1.34 bits per heavy atom. The van der Waals surface area contributed by atoms with E-state index in [-0.39, 0.29) is 58.3 Å². The highest BCUT2D eigenvalue weighted by Crippen LogP contribution is 2.74. The Hall–Kier alpha value is -5.90. The van der Waals surface area contributed by atoms with Crippen molar-refractivity contribution in [1.29, 1.82) is 0 Å². The largest absolute Gasteiger partial charge is 0.382 e. The lowest BCUT2D eigenvalue weighted by Crippen LogP contribution is -2.39. The molecule has 0 aliphatic carbocycles. The number of nitrogens with two attached hydrogens (primary N) is 4. The van der Waals surface area contributed by atoms with E-state index in [9.17, 15) is 19.4 Å². The van der Waals surface area contributed by atoms with Crippen molar-refractivity contribution in [3.05, 3.63) is 96.1 Å². The normalized spacial score (nSPS) is 33.8. The topological polar surface area (TPSA) is 491 Å². The molecule has 6 aromatic rings. The smallest absolute Gasteiger partial charge is 0.350 e. The van der Waals surface area contributed by atoms with Gasteiger partial charge in [0.1, 0.15) is 96.9 Å². The summed E-state index contributed by atoms with van der Waals surface area (Å²) in [5.41, 5.74) is 24.7. The maximum Gasteiger partial charge on any atom is 0.350 e. The van der Waals surface area contributed by atoms with Gasteiger partial charge in [0.15, 0.2) is 83.7 Å². The predicted molar refractivity (Wildman–Crippen MR) is 356 cm³/mol. The van der Waals surface area contributed by atoms with Gasteiger partial charge in [0, 0.05) is 24.3 Å². The number of anilines is 2. The fourth-order valence-corrected chi connectivity index (χ4v) is 23.6. The lowest BCUT2D eigenvalue weighted by molar-refractivity contribution is -0.205. The third-order valence-electron chi connectivity index (χ3n) is 18.8. The molecule has 8 fully saturated rings. The number of hydrogen-bond acceptors (Lipinski definition) is 31. The molecule has 105 heavy (non-hydrogen) atoms. The molecule has 6 unspecified atom stereocenters. The average Bonchev–Trinajstić information content (AvgIpc) is 1.63. The highest BCUT2D eigenvalue weighted by atomic mass is 31.3.